The van der Waals surface area contributed by atoms with Gasteiger partial charge in [0.05, 0.1) is 0 Å². The summed E-state index contributed by atoms with van der Waals surface area (Å²) in [7, 11) is -0.764. The molecule has 0 unspecified atom stereocenters. The van der Waals surface area contributed by atoms with Gasteiger partial charge in [-0.1, -0.05) is 0 Å². The van der Waals surface area contributed by atoms with E-state index in [0.717, 1.165) is 18.1 Å². The van der Waals surface area contributed by atoms with Crippen molar-refractivity contribution < 1.29 is 9.00 Å². The molecular weight excluding hydrogens is 262 g/mol. The van der Waals surface area contributed by atoms with E-state index in [0.29, 0.717) is 30.2 Å². The molecular formula is C13H19N3O2S. The number of carbonyl (C=O) groups excluding carboxylic acids is 1. The standard InChI is InChI=1S/C13H19N3O2S/c1-3-14-12-9-11(8-10(2)15-12)13(17)16-4-6-19(18)7-5-16/h8-9H,3-7H2,1-2H3,(H,14,15). The first-order valence-electron chi connectivity index (χ1n) is 6.47. The molecule has 0 bridgehead atoms. The van der Waals surface area contributed by atoms with E-state index in [1.54, 1.807) is 17.0 Å². The van der Waals surface area contributed by atoms with Crippen LogP contribution in [0.25, 0.3) is 0 Å². The molecule has 1 fully saturated rings. The lowest BCUT2D eigenvalue weighted by molar-refractivity contribution is 0.0771. The maximum absolute atomic E-state index is 12.4. The minimum atomic E-state index is -0.764. The van der Waals surface area contributed by atoms with Crippen molar-refractivity contribution in [2.45, 2.75) is 13.8 Å². The highest BCUT2D eigenvalue weighted by Crippen LogP contribution is 2.14. The van der Waals surface area contributed by atoms with Crippen LogP contribution in [0.1, 0.15) is 23.0 Å². The highest BCUT2D eigenvalue weighted by molar-refractivity contribution is 7.85. The van der Waals surface area contributed by atoms with E-state index < -0.39 is 10.8 Å². The number of rotatable bonds is 3. The Morgan fingerprint density at radius 1 is 1.42 bits per heavy atom. The number of aryl methyl sites for hydroxylation is 1. The lowest BCUT2D eigenvalue weighted by Gasteiger charge is -2.26. The Balaban J connectivity index is 2.16. The van der Waals surface area contributed by atoms with Gasteiger partial charge < -0.3 is 10.2 Å². The smallest absolute Gasteiger partial charge is 0.254 e. The molecule has 5 nitrogen and oxygen atoms in total. The van der Waals surface area contributed by atoms with Crippen molar-refractivity contribution in [1.29, 1.82) is 0 Å². The van der Waals surface area contributed by atoms with Gasteiger partial charge in [0.2, 0.25) is 0 Å². The third kappa shape index (κ3) is 3.53. The van der Waals surface area contributed by atoms with Gasteiger partial charge in [-0.3, -0.25) is 9.00 Å². The van der Waals surface area contributed by atoms with E-state index in [1.807, 2.05) is 13.8 Å². The largest absolute Gasteiger partial charge is 0.370 e. The number of amides is 1. The summed E-state index contributed by atoms with van der Waals surface area (Å²) in [6.45, 7) is 5.79. The Morgan fingerprint density at radius 3 is 2.74 bits per heavy atom. The van der Waals surface area contributed by atoms with E-state index in [2.05, 4.69) is 10.3 Å². The van der Waals surface area contributed by atoms with Crippen LogP contribution in [0.2, 0.25) is 0 Å². The molecule has 0 spiro atoms. The molecule has 1 N–H and O–H groups in total. The van der Waals surface area contributed by atoms with Crippen LogP contribution in [0.5, 0.6) is 0 Å². The van der Waals surface area contributed by atoms with Gasteiger partial charge >= 0.3 is 0 Å². The van der Waals surface area contributed by atoms with Crippen LogP contribution in [-0.2, 0) is 10.8 Å². The SMILES string of the molecule is CCNc1cc(C(=O)N2CCS(=O)CC2)cc(C)n1. The molecule has 2 heterocycles. The lowest BCUT2D eigenvalue weighted by Crippen LogP contribution is -2.41. The monoisotopic (exact) mass is 281 g/mol. The second-order valence-electron chi connectivity index (χ2n) is 4.55. The average molecular weight is 281 g/mol. The number of hydrogen-bond donors (Lipinski definition) is 1. The van der Waals surface area contributed by atoms with Gasteiger partial charge in [-0.05, 0) is 26.0 Å². The van der Waals surface area contributed by atoms with Crippen LogP contribution in [0.4, 0.5) is 5.82 Å². The molecule has 0 radical (unpaired) electrons. The van der Waals surface area contributed by atoms with E-state index in [1.165, 1.54) is 0 Å². The molecule has 1 aromatic rings. The highest BCUT2D eigenvalue weighted by atomic mass is 32.2. The topological polar surface area (TPSA) is 62.3 Å². The Bertz CT molecular complexity index is 495. The summed E-state index contributed by atoms with van der Waals surface area (Å²) in [4.78, 5) is 18.5. The lowest BCUT2D eigenvalue weighted by atomic mass is 10.2. The Hall–Kier alpha value is -1.43. The summed E-state index contributed by atoms with van der Waals surface area (Å²) in [6.07, 6.45) is 0. The van der Waals surface area contributed by atoms with Crippen LogP contribution in [0, 0.1) is 6.92 Å². The summed E-state index contributed by atoms with van der Waals surface area (Å²) >= 11 is 0. The number of nitrogens with zero attached hydrogens (tertiary/aromatic N) is 2. The maximum atomic E-state index is 12.4. The normalized spacial score (nSPS) is 16.4. The second kappa shape index (κ2) is 6.14. The van der Waals surface area contributed by atoms with Gasteiger partial charge in [-0.15, -0.1) is 0 Å². The van der Waals surface area contributed by atoms with Crippen LogP contribution in [0.15, 0.2) is 12.1 Å². The molecule has 19 heavy (non-hydrogen) atoms. The zero-order valence-corrected chi connectivity index (χ0v) is 12.1. The molecule has 1 aliphatic heterocycles. The van der Waals surface area contributed by atoms with E-state index in [4.69, 9.17) is 0 Å². The number of nitrogens with one attached hydrogen (secondary N) is 1. The first-order chi connectivity index (χ1) is 9.10. The number of anilines is 1. The summed E-state index contributed by atoms with van der Waals surface area (Å²) < 4.78 is 11.3. The quantitative estimate of drug-likeness (QED) is 0.899. The number of hydrogen-bond acceptors (Lipinski definition) is 4. The predicted octanol–water partition coefficient (Wildman–Crippen LogP) is 1.03. The number of carbonyl (C=O) groups is 1. The van der Waals surface area contributed by atoms with Crippen molar-refractivity contribution in [2.24, 2.45) is 0 Å². The summed E-state index contributed by atoms with van der Waals surface area (Å²) in [5.74, 6) is 1.89. The molecule has 1 aromatic heterocycles. The first kappa shape index (κ1) is 14.0. The third-order valence-electron chi connectivity index (χ3n) is 3.02. The van der Waals surface area contributed by atoms with Gasteiger partial charge in [0, 0.05) is 53.2 Å². The maximum Gasteiger partial charge on any atom is 0.254 e. The Morgan fingerprint density at radius 2 is 2.11 bits per heavy atom. The van der Waals surface area contributed by atoms with Crippen molar-refractivity contribution in [3.8, 4) is 0 Å². The number of aromatic nitrogens is 1. The molecule has 1 amide bonds. The van der Waals surface area contributed by atoms with Gasteiger partial charge in [-0.2, -0.15) is 0 Å². The average Bonchev–Trinajstić information content (AvgIpc) is 2.38. The third-order valence-corrected chi connectivity index (χ3v) is 4.30. The van der Waals surface area contributed by atoms with E-state index in [9.17, 15) is 9.00 Å². The van der Waals surface area contributed by atoms with E-state index in [-0.39, 0.29) is 5.91 Å². The summed E-state index contributed by atoms with van der Waals surface area (Å²) in [6, 6.07) is 3.58. The van der Waals surface area contributed by atoms with Gasteiger partial charge in [-0.25, -0.2) is 4.98 Å². The van der Waals surface area contributed by atoms with Crippen LogP contribution >= 0.6 is 0 Å². The summed E-state index contributed by atoms with van der Waals surface area (Å²) in [5, 5.41) is 3.12. The minimum Gasteiger partial charge on any atom is -0.370 e. The van der Waals surface area contributed by atoms with Gasteiger partial charge in [0.25, 0.3) is 5.91 Å². The second-order valence-corrected chi connectivity index (χ2v) is 6.25. The highest BCUT2D eigenvalue weighted by Gasteiger charge is 2.21. The first-order valence-corrected chi connectivity index (χ1v) is 7.95. The molecule has 0 saturated carbocycles. The van der Waals surface area contributed by atoms with Crippen LogP contribution in [-0.4, -0.2) is 51.1 Å². The van der Waals surface area contributed by atoms with Crippen molar-refractivity contribution in [3.63, 3.8) is 0 Å². The molecule has 0 aromatic carbocycles. The molecule has 1 aliphatic rings. The molecule has 0 atom stereocenters. The van der Waals surface area contributed by atoms with Gasteiger partial charge in [0.1, 0.15) is 5.82 Å². The number of pyridine rings is 1. The Labute approximate surface area is 115 Å². The zero-order chi connectivity index (χ0) is 13.8. The van der Waals surface area contributed by atoms with Crippen molar-refractivity contribution in [2.75, 3.05) is 36.5 Å². The van der Waals surface area contributed by atoms with Crippen LogP contribution in [0.3, 0.4) is 0 Å². The fraction of sp³-hybridized carbons (Fsp3) is 0.538. The molecule has 104 valence electrons. The van der Waals surface area contributed by atoms with Crippen molar-refractivity contribution in [1.82, 2.24) is 9.88 Å². The predicted molar refractivity (Wildman–Crippen MR) is 76.9 cm³/mol. The van der Waals surface area contributed by atoms with Crippen LogP contribution < -0.4 is 5.32 Å². The van der Waals surface area contributed by atoms with Gasteiger partial charge in [0.15, 0.2) is 0 Å². The van der Waals surface area contributed by atoms with E-state index >= 15 is 0 Å². The van der Waals surface area contributed by atoms with Crippen molar-refractivity contribution >= 4 is 22.5 Å². The molecule has 0 aliphatic carbocycles. The molecule has 1 saturated heterocycles. The fourth-order valence-corrected chi connectivity index (χ4v) is 3.14. The fourth-order valence-electron chi connectivity index (χ4n) is 2.09. The zero-order valence-electron chi connectivity index (χ0n) is 11.3. The molecule has 6 heteroatoms. The molecule has 2 rings (SSSR count). The summed E-state index contributed by atoms with van der Waals surface area (Å²) in [5.41, 5.74) is 1.47. The van der Waals surface area contributed by atoms with Crippen molar-refractivity contribution in [3.05, 3.63) is 23.4 Å². The minimum absolute atomic E-state index is 0.00125. The Kier molecular flexibility index (Phi) is 4.52.